The van der Waals surface area contributed by atoms with Crippen LogP contribution in [0.2, 0.25) is 5.02 Å². The van der Waals surface area contributed by atoms with Crippen LogP contribution < -0.4 is 5.32 Å². The van der Waals surface area contributed by atoms with E-state index in [-0.39, 0.29) is 5.91 Å². The van der Waals surface area contributed by atoms with Gasteiger partial charge in [0.05, 0.1) is 10.6 Å². The first-order valence-corrected chi connectivity index (χ1v) is 7.16. The molecule has 104 valence electrons. The van der Waals surface area contributed by atoms with Gasteiger partial charge in [-0.15, -0.1) is 0 Å². The fourth-order valence-electron chi connectivity index (χ4n) is 2.10. The van der Waals surface area contributed by atoms with E-state index in [0.29, 0.717) is 16.5 Å². The Bertz CT molecular complexity index is 609. The van der Waals surface area contributed by atoms with Gasteiger partial charge in [-0.2, -0.15) is 0 Å². The molecular weight excluding hydrogens is 270 g/mol. The number of carbonyl (C=O) groups is 1. The van der Waals surface area contributed by atoms with Crippen molar-refractivity contribution >= 4 is 23.2 Å². The summed E-state index contributed by atoms with van der Waals surface area (Å²) in [4.78, 5) is 12.3. The molecule has 2 aromatic rings. The van der Waals surface area contributed by atoms with Gasteiger partial charge in [0, 0.05) is 5.69 Å². The highest BCUT2D eigenvalue weighted by atomic mass is 35.5. The number of anilines is 1. The Morgan fingerprint density at radius 3 is 2.50 bits per heavy atom. The largest absolute Gasteiger partial charge is 0.322 e. The van der Waals surface area contributed by atoms with Crippen molar-refractivity contribution in [2.75, 3.05) is 5.32 Å². The Kier molecular flexibility index (Phi) is 4.80. The Hall–Kier alpha value is -1.80. The zero-order chi connectivity index (χ0) is 14.5. The summed E-state index contributed by atoms with van der Waals surface area (Å²) in [6, 6.07) is 15.0. The van der Waals surface area contributed by atoms with E-state index in [2.05, 4.69) is 25.2 Å². The van der Waals surface area contributed by atoms with E-state index in [9.17, 15) is 4.79 Å². The van der Waals surface area contributed by atoms with Gasteiger partial charge in [-0.3, -0.25) is 4.79 Å². The summed E-state index contributed by atoms with van der Waals surface area (Å²) < 4.78 is 0. The predicted octanol–water partition coefficient (Wildman–Crippen LogP) is 5.11. The maximum Gasteiger partial charge on any atom is 0.257 e. The van der Waals surface area contributed by atoms with Gasteiger partial charge in [0.15, 0.2) is 0 Å². The summed E-state index contributed by atoms with van der Waals surface area (Å²) in [5, 5.41) is 3.42. The predicted molar refractivity (Wildman–Crippen MR) is 84.6 cm³/mol. The van der Waals surface area contributed by atoms with Crippen molar-refractivity contribution in [3.05, 3.63) is 64.7 Å². The Morgan fingerprint density at radius 1 is 1.15 bits per heavy atom. The minimum Gasteiger partial charge on any atom is -0.322 e. The van der Waals surface area contributed by atoms with E-state index in [1.807, 2.05) is 24.3 Å². The highest BCUT2D eigenvalue weighted by Gasteiger charge is 2.13. The minimum absolute atomic E-state index is 0.175. The molecule has 3 heteroatoms. The Labute approximate surface area is 124 Å². The second kappa shape index (κ2) is 6.58. The second-order valence-electron chi connectivity index (χ2n) is 4.83. The van der Waals surface area contributed by atoms with Crippen LogP contribution in [0.3, 0.4) is 0 Å². The molecule has 0 aliphatic heterocycles. The summed E-state index contributed by atoms with van der Waals surface area (Å²) in [5.41, 5.74) is 2.50. The van der Waals surface area contributed by atoms with Gasteiger partial charge in [0.2, 0.25) is 0 Å². The number of benzene rings is 2. The third-order valence-corrected chi connectivity index (χ3v) is 3.80. The average Bonchev–Trinajstić information content (AvgIpc) is 2.47. The molecule has 2 rings (SSSR count). The number of nitrogens with one attached hydrogen (secondary N) is 1. The molecule has 2 aromatic carbocycles. The van der Waals surface area contributed by atoms with E-state index in [1.54, 1.807) is 18.2 Å². The molecule has 0 heterocycles. The first-order chi connectivity index (χ1) is 9.63. The highest BCUT2D eigenvalue weighted by Crippen LogP contribution is 2.27. The van der Waals surface area contributed by atoms with Crippen LogP contribution >= 0.6 is 11.6 Å². The maximum atomic E-state index is 12.3. The van der Waals surface area contributed by atoms with Gasteiger partial charge in [0.25, 0.3) is 5.91 Å². The summed E-state index contributed by atoms with van der Waals surface area (Å²) in [5.74, 6) is 0.226. The molecule has 20 heavy (non-hydrogen) atoms. The molecule has 0 unspecified atom stereocenters. The van der Waals surface area contributed by atoms with Crippen molar-refractivity contribution < 1.29 is 4.79 Å². The number of para-hydroxylation sites is 1. The third-order valence-electron chi connectivity index (χ3n) is 3.47. The molecule has 0 saturated heterocycles. The van der Waals surface area contributed by atoms with Gasteiger partial charge in [-0.05, 0) is 36.1 Å². The van der Waals surface area contributed by atoms with Crippen molar-refractivity contribution in [1.82, 2.24) is 0 Å². The Balaban J connectivity index is 2.27. The quantitative estimate of drug-likeness (QED) is 0.832. The van der Waals surface area contributed by atoms with Crippen LogP contribution in [0.4, 0.5) is 5.69 Å². The van der Waals surface area contributed by atoms with Crippen molar-refractivity contribution in [1.29, 1.82) is 0 Å². The van der Waals surface area contributed by atoms with Gasteiger partial charge >= 0.3 is 0 Å². The molecular formula is C17H18ClNO. The molecule has 0 radical (unpaired) electrons. The number of carbonyl (C=O) groups excluding carboxylic acids is 1. The average molecular weight is 288 g/mol. The van der Waals surface area contributed by atoms with E-state index >= 15 is 0 Å². The van der Waals surface area contributed by atoms with Crippen molar-refractivity contribution in [3.8, 4) is 0 Å². The monoisotopic (exact) mass is 287 g/mol. The van der Waals surface area contributed by atoms with Crippen molar-refractivity contribution in [2.45, 2.75) is 26.2 Å². The lowest BCUT2D eigenvalue weighted by Crippen LogP contribution is -2.14. The van der Waals surface area contributed by atoms with Gasteiger partial charge in [-0.1, -0.05) is 55.8 Å². The minimum atomic E-state index is -0.175. The molecule has 0 aliphatic carbocycles. The lowest BCUT2D eigenvalue weighted by atomic mass is 9.97. The van der Waals surface area contributed by atoms with E-state index < -0.39 is 0 Å². The third kappa shape index (κ3) is 3.20. The molecule has 0 bridgehead atoms. The summed E-state index contributed by atoms with van der Waals surface area (Å²) in [6.07, 6.45) is 1.03. The van der Waals surface area contributed by atoms with Gasteiger partial charge in [-0.25, -0.2) is 0 Å². The molecule has 1 atom stereocenters. The number of hydrogen-bond acceptors (Lipinski definition) is 1. The molecule has 0 spiro atoms. The lowest BCUT2D eigenvalue weighted by molar-refractivity contribution is 0.102. The van der Waals surface area contributed by atoms with Crippen LogP contribution in [0.1, 0.15) is 42.1 Å². The van der Waals surface area contributed by atoms with Crippen LogP contribution in [0.5, 0.6) is 0 Å². The maximum absolute atomic E-state index is 12.3. The summed E-state index contributed by atoms with van der Waals surface area (Å²) in [7, 11) is 0. The number of hydrogen-bond donors (Lipinski definition) is 1. The van der Waals surface area contributed by atoms with Crippen LogP contribution in [-0.2, 0) is 0 Å². The van der Waals surface area contributed by atoms with E-state index in [1.165, 1.54) is 0 Å². The molecule has 1 N–H and O–H groups in total. The van der Waals surface area contributed by atoms with E-state index in [0.717, 1.165) is 17.7 Å². The molecule has 0 aromatic heterocycles. The second-order valence-corrected chi connectivity index (χ2v) is 5.24. The van der Waals surface area contributed by atoms with Gasteiger partial charge in [0.1, 0.15) is 0 Å². The number of halogens is 1. The molecule has 2 nitrogen and oxygen atoms in total. The normalized spacial score (nSPS) is 11.9. The zero-order valence-corrected chi connectivity index (χ0v) is 12.4. The van der Waals surface area contributed by atoms with Gasteiger partial charge < -0.3 is 5.32 Å². The highest BCUT2D eigenvalue weighted by molar-refractivity contribution is 6.34. The van der Waals surface area contributed by atoms with Crippen LogP contribution in [-0.4, -0.2) is 5.91 Å². The topological polar surface area (TPSA) is 29.1 Å². The molecule has 1 amide bonds. The molecule has 0 aliphatic rings. The van der Waals surface area contributed by atoms with Crippen LogP contribution in [0, 0.1) is 0 Å². The van der Waals surface area contributed by atoms with Crippen molar-refractivity contribution in [2.24, 2.45) is 0 Å². The first kappa shape index (κ1) is 14.6. The van der Waals surface area contributed by atoms with Crippen LogP contribution in [0.15, 0.2) is 48.5 Å². The summed E-state index contributed by atoms with van der Waals surface area (Å²) >= 11 is 6.05. The van der Waals surface area contributed by atoms with E-state index in [4.69, 9.17) is 11.6 Å². The molecule has 0 saturated carbocycles. The number of rotatable bonds is 4. The smallest absolute Gasteiger partial charge is 0.257 e. The van der Waals surface area contributed by atoms with Crippen LogP contribution in [0.25, 0.3) is 0 Å². The van der Waals surface area contributed by atoms with Crippen molar-refractivity contribution in [3.63, 3.8) is 0 Å². The number of amides is 1. The lowest BCUT2D eigenvalue weighted by Gasteiger charge is -2.15. The standard InChI is InChI=1S/C17H18ClNO/c1-3-12(2)13-8-5-7-11-16(13)19-17(20)14-9-4-6-10-15(14)18/h4-12H,3H2,1-2H3,(H,19,20)/t12-/m1/s1. The molecule has 0 fully saturated rings. The first-order valence-electron chi connectivity index (χ1n) is 6.78. The zero-order valence-electron chi connectivity index (χ0n) is 11.7. The summed E-state index contributed by atoms with van der Waals surface area (Å²) in [6.45, 7) is 4.29. The fourth-order valence-corrected chi connectivity index (χ4v) is 2.32. The SMILES string of the molecule is CC[C@@H](C)c1ccccc1NC(=O)c1ccccc1Cl. The Morgan fingerprint density at radius 2 is 1.80 bits per heavy atom. The fraction of sp³-hybridized carbons (Fsp3) is 0.235.